The van der Waals surface area contributed by atoms with Gasteiger partial charge in [0, 0.05) is 18.4 Å². The molecule has 1 rings (SSSR count). The number of carbonyl (C=O) groups is 1. The van der Waals surface area contributed by atoms with Crippen molar-refractivity contribution in [3.05, 3.63) is 16.9 Å². The zero-order valence-electron chi connectivity index (χ0n) is 10.1. The molecule has 0 aliphatic heterocycles. The Bertz CT molecular complexity index is 369. The molecular formula is C11H16BrN3O2. The number of anilines is 1. The number of hydrogen-bond donors (Lipinski definition) is 1. The maximum absolute atomic E-state index is 11.5. The van der Waals surface area contributed by atoms with Crippen LogP contribution in [-0.2, 0) is 9.53 Å². The first-order chi connectivity index (χ1) is 8.04. The number of nitrogens with zero attached hydrogens (tertiary/aromatic N) is 2. The molecule has 0 saturated heterocycles. The number of hydrogen-bond acceptors (Lipinski definition) is 5. The van der Waals surface area contributed by atoms with Crippen LogP contribution in [0.25, 0.3) is 0 Å². The van der Waals surface area contributed by atoms with Crippen LogP contribution in [0.15, 0.2) is 16.9 Å². The van der Waals surface area contributed by atoms with Crippen LogP contribution in [0.2, 0.25) is 0 Å². The second-order valence-corrected chi connectivity index (χ2v) is 4.61. The Kier molecular flexibility index (Phi) is 5.34. The topological polar surface area (TPSA) is 64.1 Å². The van der Waals surface area contributed by atoms with Crippen LogP contribution in [0.5, 0.6) is 0 Å². The maximum atomic E-state index is 11.5. The van der Waals surface area contributed by atoms with Crippen LogP contribution < -0.4 is 5.32 Å². The van der Waals surface area contributed by atoms with E-state index in [1.165, 1.54) is 0 Å². The van der Waals surface area contributed by atoms with Gasteiger partial charge < -0.3 is 10.1 Å². The van der Waals surface area contributed by atoms with Crippen molar-refractivity contribution < 1.29 is 9.53 Å². The lowest BCUT2D eigenvalue weighted by atomic mass is 10.0. The van der Waals surface area contributed by atoms with Gasteiger partial charge in [0.05, 0.1) is 17.0 Å². The molecule has 2 atom stereocenters. The fourth-order valence-electron chi connectivity index (χ4n) is 1.19. The molecule has 0 saturated carbocycles. The number of aromatic nitrogens is 2. The minimum atomic E-state index is -0.248. The van der Waals surface area contributed by atoms with Crippen LogP contribution in [0.4, 0.5) is 5.95 Å². The predicted octanol–water partition coefficient (Wildman–Crippen LogP) is 2.24. The number of ether oxygens (including phenoxy) is 1. The first-order valence-electron chi connectivity index (χ1n) is 5.45. The lowest BCUT2D eigenvalue weighted by Gasteiger charge is -2.19. The Morgan fingerprint density at radius 2 is 2.06 bits per heavy atom. The highest BCUT2D eigenvalue weighted by Crippen LogP contribution is 2.12. The summed E-state index contributed by atoms with van der Waals surface area (Å²) in [5, 5.41) is 3.06. The highest BCUT2D eigenvalue weighted by atomic mass is 79.9. The first kappa shape index (κ1) is 13.9. The summed E-state index contributed by atoms with van der Waals surface area (Å²) in [5.41, 5.74) is 0. The molecule has 1 aromatic heterocycles. The van der Waals surface area contributed by atoms with Crippen molar-refractivity contribution in [2.75, 3.05) is 11.9 Å². The van der Waals surface area contributed by atoms with Gasteiger partial charge in [-0.05, 0) is 36.7 Å². The average molecular weight is 302 g/mol. The van der Waals surface area contributed by atoms with Crippen molar-refractivity contribution >= 4 is 27.8 Å². The molecule has 1 aromatic rings. The Hall–Kier alpha value is -1.17. The van der Waals surface area contributed by atoms with Gasteiger partial charge in [0.15, 0.2) is 0 Å². The van der Waals surface area contributed by atoms with Gasteiger partial charge in [-0.3, -0.25) is 4.79 Å². The smallest absolute Gasteiger partial charge is 0.310 e. The third kappa shape index (κ3) is 4.30. The summed E-state index contributed by atoms with van der Waals surface area (Å²) in [6, 6.07) is -0.0878. The molecule has 17 heavy (non-hydrogen) atoms. The van der Waals surface area contributed by atoms with Crippen molar-refractivity contribution in [3.63, 3.8) is 0 Å². The third-order valence-corrected chi connectivity index (χ3v) is 2.79. The van der Waals surface area contributed by atoms with E-state index in [0.717, 1.165) is 4.47 Å². The zero-order valence-corrected chi connectivity index (χ0v) is 11.7. The minimum absolute atomic E-state index is 0.0878. The lowest BCUT2D eigenvalue weighted by molar-refractivity contribution is -0.147. The number of carbonyl (C=O) groups excluding carboxylic acids is 1. The summed E-state index contributed by atoms with van der Waals surface area (Å²) < 4.78 is 5.77. The highest BCUT2D eigenvalue weighted by molar-refractivity contribution is 9.10. The quantitative estimate of drug-likeness (QED) is 0.845. The average Bonchev–Trinajstić information content (AvgIpc) is 2.31. The molecule has 1 N–H and O–H groups in total. The third-order valence-electron chi connectivity index (χ3n) is 2.39. The van der Waals surface area contributed by atoms with Gasteiger partial charge in [0.2, 0.25) is 5.95 Å². The number of rotatable bonds is 5. The zero-order chi connectivity index (χ0) is 12.8. The molecule has 1 heterocycles. The van der Waals surface area contributed by atoms with Crippen LogP contribution in [0.3, 0.4) is 0 Å². The van der Waals surface area contributed by atoms with E-state index in [4.69, 9.17) is 4.74 Å². The fraction of sp³-hybridized carbons (Fsp3) is 0.545. The standard InChI is InChI=1S/C11H16BrN3O2/c1-4-17-10(16)7(2)8(3)15-11-13-5-9(12)6-14-11/h5-8H,4H2,1-3H3,(H,13,14,15)/t7-,8-/m1/s1. The van der Waals surface area contributed by atoms with Gasteiger partial charge in [-0.15, -0.1) is 0 Å². The molecule has 0 unspecified atom stereocenters. The summed E-state index contributed by atoms with van der Waals surface area (Å²) >= 11 is 3.26. The van der Waals surface area contributed by atoms with E-state index in [2.05, 4.69) is 31.2 Å². The normalized spacial score (nSPS) is 13.9. The van der Waals surface area contributed by atoms with Crippen molar-refractivity contribution in [1.82, 2.24) is 9.97 Å². The fourth-order valence-corrected chi connectivity index (χ4v) is 1.40. The Morgan fingerprint density at radius 3 is 2.59 bits per heavy atom. The van der Waals surface area contributed by atoms with Crippen molar-refractivity contribution in [2.24, 2.45) is 5.92 Å². The van der Waals surface area contributed by atoms with Crippen molar-refractivity contribution in [1.29, 1.82) is 0 Å². The molecule has 0 aliphatic rings. The van der Waals surface area contributed by atoms with Crippen molar-refractivity contribution in [3.8, 4) is 0 Å². The Morgan fingerprint density at radius 1 is 1.47 bits per heavy atom. The molecule has 0 amide bonds. The van der Waals surface area contributed by atoms with E-state index in [1.54, 1.807) is 19.3 Å². The van der Waals surface area contributed by atoms with Gasteiger partial charge >= 0.3 is 5.97 Å². The van der Waals surface area contributed by atoms with Gasteiger partial charge in [-0.1, -0.05) is 0 Å². The summed E-state index contributed by atoms with van der Waals surface area (Å²) in [6.45, 7) is 5.90. The van der Waals surface area contributed by atoms with E-state index in [9.17, 15) is 4.79 Å². The molecule has 5 nitrogen and oxygen atoms in total. The molecule has 0 aromatic carbocycles. The first-order valence-corrected chi connectivity index (χ1v) is 6.24. The SMILES string of the molecule is CCOC(=O)[C@H](C)[C@@H](C)Nc1ncc(Br)cn1. The van der Waals surface area contributed by atoms with Crippen LogP contribution in [-0.4, -0.2) is 28.6 Å². The Balaban J connectivity index is 2.56. The van der Waals surface area contributed by atoms with E-state index >= 15 is 0 Å². The predicted molar refractivity (Wildman–Crippen MR) is 68.6 cm³/mol. The van der Waals surface area contributed by atoms with E-state index < -0.39 is 0 Å². The monoisotopic (exact) mass is 301 g/mol. The van der Waals surface area contributed by atoms with Gasteiger partial charge in [-0.2, -0.15) is 0 Å². The molecule has 0 aliphatic carbocycles. The Labute approximate surface area is 109 Å². The summed E-state index contributed by atoms with van der Waals surface area (Å²) in [4.78, 5) is 19.7. The lowest BCUT2D eigenvalue weighted by Crippen LogP contribution is -2.31. The van der Waals surface area contributed by atoms with E-state index in [-0.39, 0.29) is 17.9 Å². The molecule has 0 fully saturated rings. The number of esters is 1. The highest BCUT2D eigenvalue weighted by Gasteiger charge is 2.21. The van der Waals surface area contributed by atoms with Crippen LogP contribution in [0, 0.1) is 5.92 Å². The maximum Gasteiger partial charge on any atom is 0.310 e. The van der Waals surface area contributed by atoms with E-state index in [0.29, 0.717) is 12.6 Å². The van der Waals surface area contributed by atoms with E-state index in [1.807, 2.05) is 13.8 Å². The molecule has 0 bridgehead atoms. The molecular weight excluding hydrogens is 286 g/mol. The summed E-state index contributed by atoms with van der Waals surface area (Å²) in [5.74, 6) is 0.0312. The summed E-state index contributed by atoms with van der Waals surface area (Å²) in [6.07, 6.45) is 3.30. The van der Waals surface area contributed by atoms with Gasteiger partial charge in [-0.25, -0.2) is 9.97 Å². The number of halogens is 1. The molecule has 0 radical (unpaired) electrons. The largest absolute Gasteiger partial charge is 0.466 e. The van der Waals surface area contributed by atoms with Crippen LogP contribution in [0.1, 0.15) is 20.8 Å². The van der Waals surface area contributed by atoms with Gasteiger partial charge in [0.1, 0.15) is 0 Å². The molecule has 94 valence electrons. The molecule has 0 spiro atoms. The van der Waals surface area contributed by atoms with Gasteiger partial charge in [0.25, 0.3) is 0 Å². The second-order valence-electron chi connectivity index (χ2n) is 3.70. The van der Waals surface area contributed by atoms with Crippen molar-refractivity contribution in [2.45, 2.75) is 26.8 Å². The van der Waals surface area contributed by atoms with Crippen LogP contribution >= 0.6 is 15.9 Å². The summed E-state index contributed by atoms with van der Waals surface area (Å²) in [7, 11) is 0. The molecule has 6 heteroatoms. The number of nitrogens with one attached hydrogen (secondary N) is 1. The minimum Gasteiger partial charge on any atom is -0.466 e. The second kappa shape index (κ2) is 6.54.